The van der Waals surface area contributed by atoms with Gasteiger partial charge in [0.1, 0.15) is 0 Å². The Kier molecular flexibility index (Phi) is 3.30. The Labute approximate surface area is 118 Å². The third-order valence-electron chi connectivity index (χ3n) is 4.28. The number of hydrogen-bond acceptors (Lipinski definition) is 5. The standard InChI is InChI=1S/C15H20N4O/c1-10-5-7-15(16,8-6-10)14-18-13(20-19-14)12-4-3-9-17-11(12)2/h3-4,9-10H,5-8,16H2,1-2H3. The SMILES string of the molecule is Cc1ncccc1-c1nc(C2(N)CCC(C)CC2)no1. The van der Waals surface area contributed by atoms with Crippen LogP contribution in [0.4, 0.5) is 0 Å². The van der Waals surface area contributed by atoms with Crippen molar-refractivity contribution in [2.45, 2.75) is 45.1 Å². The molecule has 2 heterocycles. The summed E-state index contributed by atoms with van der Waals surface area (Å²) in [5.74, 6) is 1.87. The minimum Gasteiger partial charge on any atom is -0.334 e. The molecule has 106 valence electrons. The molecule has 0 saturated heterocycles. The molecule has 0 radical (unpaired) electrons. The van der Waals surface area contributed by atoms with Crippen molar-refractivity contribution in [1.29, 1.82) is 0 Å². The topological polar surface area (TPSA) is 77.8 Å². The summed E-state index contributed by atoms with van der Waals surface area (Å²) in [4.78, 5) is 8.76. The van der Waals surface area contributed by atoms with Crippen LogP contribution in [0.15, 0.2) is 22.9 Å². The summed E-state index contributed by atoms with van der Waals surface area (Å²) in [6, 6.07) is 3.80. The zero-order valence-electron chi connectivity index (χ0n) is 12.0. The largest absolute Gasteiger partial charge is 0.334 e. The Balaban J connectivity index is 1.89. The maximum atomic E-state index is 6.47. The first-order valence-electron chi connectivity index (χ1n) is 7.13. The zero-order chi connectivity index (χ0) is 14.2. The molecule has 3 rings (SSSR count). The van der Waals surface area contributed by atoms with E-state index in [1.54, 1.807) is 6.20 Å². The number of nitrogens with zero attached hydrogens (tertiary/aromatic N) is 3. The first-order chi connectivity index (χ1) is 9.58. The lowest BCUT2D eigenvalue weighted by Gasteiger charge is -2.33. The van der Waals surface area contributed by atoms with Crippen LogP contribution < -0.4 is 5.73 Å². The molecule has 1 aliphatic carbocycles. The van der Waals surface area contributed by atoms with Crippen molar-refractivity contribution in [2.75, 3.05) is 0 Å². The Morgan fingerprint density at radius 3 is 2.80 bits per heavy atom. The van der Waals surface area contributed by atoms with E-state index in [1.165, 1.54) is 0 Å². The average molecular weight is 272 g/mol. The van der Waals surface area contributed by atoms with Crippen LogP contribution in [0.3, 0.4) is 0 Å². The summed E-state index contributed by atoms with van der Waals surface area (Å²) in [5.41, 5.74) is 7.79. The number of hydrogen-bond donors (Lipinski definition) is 1. The van der Waals surface area contributed by atoms with Crippen LogP contribution in [0.5, 0.6) is 0 Å². The van der Waals surface area contributed by atoms with Gasteiger partial charge in [0.05, 0.1) is 11.1 Å². The summed E-state index contributed by atoms with van der Waals surface area (Å²) in [7, 11) is 0. The van der Waals surface area contributed by atoms with Gasteiger partial charge in [-0.2, -0.15) is 4.98 Å². The average Bonchev–Trinajstić information content (AvgIpc) is 2.93. The predicted molar refractivity (Wildman–Crippen MR) is 75.8 cm³/mol. The highest BCUT2D eigenvalue weighted by Gasteiger charge is 2.36. The third kappa shape index (κ3) is 2.33. The number of rotatable bonds is 2. The van der Waals surface area contributed by atoms with Gasteiger partial charge in [0.15, 0.2) is 5.82 Å². The van der Waals surface area contributed by atoms with Gasteiger partial charge >= 0.3 is 0 Å². The normalized spacial score (nSPS) is 26.6. The van der Waals surface area contributed by atoms with Crippen LogP contribution in [0.2, 0.25) is 0 Å². The van der Waals surface area contributed by atoms with Crippen LogP contribution in [-0.4, -0.2) is 15.1 Å². The molecule has 1 fully saturated rings. The lowest BCUT2D eigenvalue weighted by Crippen LogP contribution is -2.41. The molecule has 5 nitrogen and oxygen atoms in total. The van der Waals surface area contributed by atoms with E-state index in [-0.39, 0.29) is 0 Å². The van der Waals surface area contributed by atoms with E-state index in [0.29, 0.717) is 11.7 Å². The van der Waals surface area contributed by atoms with Gasteiger partial charge < -0.3 is 10.3 Å². The van der Waals surface area contributed by atoms with E-state index in [1.807, 2.05) is 19.1 Å². The first kappa shape index (κ1) is 13.2. The highest BCUT2D eigenvalue weighted by atomic mass is 16.5. The van der Waals surface area contributed by atoms with Crippen molar-refractivity contribution < 1.29 is 4.52 Å². The summed E-state index contributed by atoms with van der Waals surface area (Å²) in [5, 5.41) is 4.12. The van der Waals surface area contributed by atoms with Crippen molar-refractivity contribution in [3.05, 3.63) is 29.8 Å². The van der Waals surface area contributed by atoms with Crippen molar-refractivity contribution in [3.8, 4) is 11.5 Å². The van der Waals surface area contributed by atoms with E-state index >= 15 is 0 Å². The molecule has 0 unspecified atom stereocenters. The van der Waals surface area contributed by atoms with E-state index < -0.39 is 5.54 Å². The Bertz CT molecular complexity index is 599. The lowest BCUT2D eigenvalue weighted by atomic mass is 9.77. The number of aromatic nitrogens is 3. The summed E-state index contributed by atoms with van der Waals surface area (Å²) in [6.45, 7) is 4.19. The molecule has 1 saturated carbocycles. The molecule has 2 N–H and O–H groups in total. The van der Waals surface area contributed by atoms with Crippen molar-refractivity contribution >= 4 is 0 Å². The minimum atomic E-state index is -0.440. The van der Waals surface area contributed by atoms with Crippen molar-refractivity contribution in [1.82, 2.24) is 15.1 Å². The molecule has 2 aromatic rings. The highest BCUT2D eigenvalue weighted by Crippen LogP contribution is 2.36. The summed E-state index contributed by atoms with van der Waals surface area (Å²) >= 11 is 0. The highest BCUT2D eigenvalue weighted by molar-refractivity contribution is 5.55. The molecule has 0 atom stereocenters. The molecule has 0 aliphatic heterocycles. The van der Waals surface area contributed by atoms with Gasteiger partial charge in [-0.1, -0.05) is 12.1 Å². The Hall–Kier alpha value is -1.75. The van der Waals surface area contributed by atoms with Crippen LogP contribution in [-0.2, 0) is 5.54 Å². The molecule has 0 amide bonds. The van der Waals surface area contributed by atoms with Crippen LogP contribution in [0, 0.1) is 12.8 Å². The van der Waals surface area contributed by atoms with Gasteiger partial charge in [-0.15, -0.1) is 0 Å². The van der Waals surface area contributed by atoms with E-state index in [0.717, 1.165) is 42.9 Å². The van der Waals surface area contributed by atoms with E-state index in [9.17, 15) is 0 Å². The fourth-order valence-electron chi connectivity index (χ4n) is 2.75. The molecule has 0 bridgehead atoms. The van der Waals surface area contributed by atoms with Gasteiger partial charge in [-0.05, 0) is 50.7 Å². The smallest absolute Gasteiger partial charge is 0.259 e. The summed E-state index contributed by atoms with van der Waals surface area (Å²) < 4.78 is 5.40. The van der Waals surface area contributed by atoms with Crippen molar-refractivity contribution in [3.63, 3.8) is 0 Å². The van der Waals surface area contributed by atoms with Crippen LogP contribution >= 0.6 is 0 Å². The van der Waals surface area contributed by atoms with Gasteiger partial charge in [-0.3, -0.25) is 4.98 Å². The van der Waals surface area contributed by atoms with Crippen LogP contribution in [0.25, 0.3) is 11.5 Å². The molecule has 20 heavy (non-hydrogen) atoms. The Morgan fingerprint density at radius 1 is 1.35 bits per heavy atom. The summed E-state index contributed by atoms with van der Waals surface area (Å²) in [6.07, 6.45) is 5.82. The number of pyridine rings is 1. The van der Waals surface area contributed by atoms with Gasteiger partial charge in [-0.25, -0.2) is 0 Å². The number of nitrogens with two attached hydrogens (primary N) is 1. The lowest BCUT2D eigenvalue weighted by molar-refractivity contribution is 0.230. The zero-order valence-corrected chi connectivity index (χ0v) is 12.0. The molecular weight excluding hydrogens is 252 g/mol. The van der Waals surface area contributed by atoms with Gasteiger partial charge in [0.25, 0.3) is 5.89 Å². The second-order valence-electron chi connectivity index (χ2n) is 5.90. The van der Waals surface area contributed by atoms with Gasteiger partial charge in [0.2, 0.25) is 0 Å². The second-order valence-corrected chi connectivity index (χ2v) is 5.90. The third-order valence-corrected chi connectivity index (χ3v) is 4.28. The maximum Gasteiger partial charge on any atom is 0.259 e. The second kappa shape index (κ2) is 4.98. The Morgan fingerprint density at radius 2 is 2.10 bits per heavy atom. The predicted octanol–water partition coefficient (Wildman–Crippen LogP) is 2.80. The number of aryl methyl sites for hydroxylation is 1. The molecule has 0 aromatic carbocycles. The minimum absolute atomic E-state index is 0.440. The van der Waals surface area contributed by atoms with E-state index in [4.69, 9.17) is 10.3 Å². The molecule has 1 aliphatic rings. The molecule has 2 aromatic heterocycles. The van der Waals surface area contributed by atoms with E-state index in [2.05, 4.69) is 22.0 Å². The monoisotopic (exact) mass is 272 g/mol. The molecular formula is C15H20N4O. The molecule has 0 spiro atoms. The van der Waals surface area contributed by atoms with Crippen molar-refractivity contribution in [2.24, 2.45) is 11.7 Å². The fraction of sp³-hybridized carbons (Fsp3) is 0.533. The van der Waals surface area contributed by atoms with Gasteiger partial charge in [0, 0.05) is 11.9 Å². The van der Waals surface area contributed by atoms with Crippen LogP contribution in [0.1, 0.15) is 44.1 Å². The maximum absolute atomic E-state index is 6.47. The quantitative estimate of drug-likeness (QED) is 0.909. The fourth-order valence-corrected chi connectivity index (χ4v) is 2.75. The molecule has 5 heteroatoms. The first-order valence-corrected chi connectivity index (χ1v) is 7.13.